The third-order valence-electron chi connectivity index (χ3n) is 5.04. The summed E-state index contributed by atoms with van der Waals surface area (Å²) in [4.78, 5) is 8.95. The minimum atomic E-state index is -0.728. The number of benzene rings is 2. The Morgan fingerprint density at radius 3 is 2.09 bits per heavy atom. The SMILES string of the molecule is C=C(NCCc1ccc(OC)cc1)C(O)C(Cc1ccccc1)NS.CCC(C)C.COC=O. The van der Waals surface area contributed by atoms with Crippen LogP contribution in [0.15, 0.2) is 66.9 Å². The number of carbonyl (C=O) groups excluding carboxylic acids is 1. The molecule has 0 bridgehead atoms. The van der Waals surface area contributed by atoms with Gasteiger partial charge in [-0.15, -0.1) is 0 Å². The maximum absolute atomic E-state index is 10.5. The van der Waals surface area contributed by atoms with Crippen LogP contribution >= 0.6 is 12.8 Å². The van der Waals surface area contributed by atoms with Gasteiger partial charge in [0, 0.05) is 12.2 Å². The number of aliphatic hydroxyl groups is 1. The second kappa shape index (κ2) is 19.9. The topological polar surface area (TPSA) is 79.8 Å². The summed E-state index contributed by atoms with van der Waals surface area (Å²) in [5.41, 5.74) is 2.93. The van der Waals surface area contributed by atoms with Crippen molar-refractivity contribution in [1.29, 1.82) is 0 Å². The predicted molar refractivity (Wildman–Crippen MR) is 144 cm³/mol. The molecule has 7 heteroatoms. The molecule has 0 aliphatic rings. The Hall–Kier alpha value is -2.48. The van der Waals surface area contributed by atoms with E-state index in [1.54, 1.807) is 7.11 Å². The molecule has 34 heavy (non-hydrogen) atoms. The molecule has 0 aromatic heterocycles. The van der Waals surface area contributed by atoms with Gasteiger partial charge >= 0.3 is 0 Å². The summed E-state index contributed by atoms with van der Waals surface area (Å²) in [6.07, 6.45) is 2.09. The molecule has 3 N–H and O–H groups in total. The quantitative estimate of drug-likeness (QED) is 0.257. The van der Waals surface area contributed by atoms with E-state index < -0.39 is 6.10 Å². The maximum Gasteiger partial charge on any atom is 0.292 e. The van der Waals surface area contributed by atoms with Gasteiger partial charge in [-0.05, 0) is 42.0 Å². The molecule has 0 saturated carbocycles. The fourth-order valence-electron chi connectivity index (χ4n) is 2.60. The van der Waals surface area contributed by atoms with Gasteiger partial charge in [0.25, 0.3) is 6.47 Å². The van der Waals surface area contributed by atoms with Crippen LogP contribution < -0.4 is 14.8 Å². The highest BCUT2D eigenvalue weighted by molar-refractivity contribution is 7.78. The first-order valence-electron chi connectivity index (χ1n) is 11.5. The van der Waals surface area contributed by atoms with Crippen molar-refractivity contribution >= 4 is 19.3 Å². The fourth-order valence-corrected chi connectivity index (χ4v) is 2.84. The standard InChI is InChI=1S/C20H26N2O2S.C5H12.C2H4O2/c1-15(21-13-12-16-8-10-18(24-2)11-9-16)20(23)19(22-25)14-17-6-4-3-5-7-17;1-4-5(2)3;1-4-2-3/h3-11,19-23,25H,1,12-14H2,2H3;5H,4H2,1-3H3;2H,1H3. The second-order valence-corrected chi connectivity index (χ2v) is 8.31. The van der Waals surface area contributed by atoms with Crippen molar-refractivity contribution in [2.45, 2.75) is 52.2 Å². The molecule has 0 aliphatic carbocycles. The monoisotopic (exact) mass is 490 g/mol. The van der Waals surface area contributed by atoms with Crippen molar-refractivity contribution in [1.82, 2.24) is 10.0 Å². The normalized spacial score (nSPS) is 11.6. The van der Waals surface area contributed by atoms with E-state index >= 15 is 0 Å². The Kier molecular flexibility index (Phi) is 18.5. The van der Waals surface area contributed by atoms with Gasteiger partial charge in [0.2, 0.25) is 0 Å². The fraction of sp³-hybridized carbons (Fsp3) is 0.444. The number of nitrogens with one attached hydrogen (secondary N) is 2. The predicted octanol–water partition coefficient (Wildman–Crippen LogP) is 4.59. The van der Waals surface area contributed by atoms with Crippen LogP contribution in [0.1, 0.15) is 38.3 Å². The lowest BCUT2D eigenvalue weighted by Crippen LogP contribution is -2.41. The molecule has 190 valence electrons. The molecule has 2 aromatic rings. The molecule has 2 rings (SSSR count). The molecule has 0 saturated heterocycles. The lowest BCUT2D eigenvalue weighted by Gasteiger charge is -2.24. The third kappa shape index (κ3) is 14.6. The summed E-state index contributed by atoms with van der Waals surface area (Å²) < 4.78 is 11.9. The summed E-state index contributed by atoms with van der Waals surface area (Å²) in [7, 11) is 2.97. The Bertz CT molecular complexity index is 770. The first kappa shape index (κ1) is 31.5. The van der Waals surface area contributed by atoms with Crippen LogP contribution in [0.2, 0.25) is 0 Å². The van der Waals surface area contributed by atoms with Gasteiger partial charge in [0.15, 0.2) is 0 Å². The number of hydrogen-bond donors (Lipinski definition) is 4. The molecule has 0 amide bonds. The van der Waals surface area contributed by atoms with E-state index in [0.717, 1.165) is 23.7 Å². The first-order chi connectivity index (χ1) is 16.3. The Balaban J connectivity index is 0.00000103. The Labute approximate surface area is 211 Å². The Morgan fingerprint density at radius 2 is 1.65 bits per heavy atom. The highest BCUT2D eigenvalue weighted by atomic mass is 32.1. The van der Waals surface area contributed by atoms with Crippen molar-refractivity contribution < 1.29 is 19.4 Å². The van der Waals surface area contributed by atoms with Gasteiger partial charge in [-0.1, -0.05) is 89.1 Å². The van der Waals surface area contributed by atoms with Crippen LogP contribution in [0, 0.1) is 5.92 Å². The molecule has 0 heterocycles. The number of ether oxygens (including phenoxy) is 2. The first-order valence-corrected chi connectivity index (χ1v) is 11.9. The average molecular weight is 491 g/mol. The van der Waals surface area contributed by atoms with E-state index in [1.807, 2.05) is 54.6 Å². The molecule has 0 fully saturated rings. The maximum atomic E-state index is 10.5. The van der Waals surface area contributed by atoms with E-state index in [2.05, 4.69) is 54.9 Å². The highest BCUT2D eigenvalue weighted by Gasteiger charge is 2.21. The molecule has 0 spiro atoms. The van der Waals surface area contributed by atoms with Crippen molar-refractivity contribution in [2.75, 3.05) is 20.8 Å². The van der Waals surface area contributed by atoms with Crippen LogP contribution in [0.5, 0.6) is 5.75 Å². The average Bonchev–Trinajstić information content (AvgIpc) is 2.88. The number of hydrogen-bond acceptors (Lipinski definition) is 7. The van der Waals surface area contributed by atoms with Crippen LogP contribution in [0.25, 0.3) is 0 Å². The van der Waals surface area contributed by atoms with E-state index in [-0.39, 0.29) is 6.04 Å². The molecule has 2 aromatic carbocycles. The van der Waals surface area contributed by atoms with E-state index in [1.165, 1.54) is 19.1 Å². The van der Waals surface area contributed by atoms with E-state index in [9.17, 15) is 5.11 Å². The lowest BCUT2D eigenvalue weighted by atomic mass is 10.0. The van der Waals surface area contributed by atoms with Crippen LogP contribution in [-0.2, 0) is 22.4 Å². The van der Waals surface area contributed by atoms with Crippen molar-refractivity contribution in [2.24, 2.45) is 5.92 Å². The van der Waals surface area contributed by atoms with Crippen molar-refractivity contribution in [3.63, 3.8) is 0 Å². The van der Waals surface area contributed by atoms with Crippen molar-refractivity contribution in [3.8, 4) is 5.75 Å². The number of thiol groups is 1. The molecule has 2 atom stereocenters. The van der Waals surface area contributed by atoms with Gasteiger partial charge in [-0.2, -0.15) is 0 Å². The van der Waals surface area contributed by atoms with Crippen LogP contribution in [0.4, 0.5) is 0 Å². The van der Waals surface area contributed by atoms with E-state index in [0.29, 0.717) is 25.1 Å². The van der Waals surface area contributed by atoms with Crippen LogP contribution in [0.3, 0.4) is 0 Å². The molecular formula is C27H42N2O4S. The van der Waals surface area contributed by atoms with Gasteiger partial charge in [-0.3, -0.25) is 9.52 Å². The molecule has 6 nitrogen and oxygen atoms in total. The van der Waals surface area contributed by atoms with Crippen molar-refractivity contribution in [3.05, 3.63) is 78.0 Å². The Morgan fingerprint density at radius 1 is 1.09 bits per heavy atom. The third-order valence-corrected chi connectivity index (χ3v) is 5.37. The summed E-state index contributed by atoms with van der Waals surface area (Å²) >= 11 is 4.16. The molecule has 0 aliphatic heterocycles. The lowest BCUT2D eigenvalue weighted by molar-refractivity contribution is -0.126. The summed E-state index contributed by atoms with van der Waals surface area (Å²) in [5, 5.41) is 13.7. The number of methoxy groups -OCH3 is 2. The minimum absolute atomic E-state index is 0.216. The molecule has 0 radical (unpaired) electrons. The van der Waals surface area contributed by atoms with E-state index in [4.69, 9.17) is 9.53 Å². The smallest absolute Gasteiger partial charge is 0.292 e. The second-order valence-electron chi connectivity index (χ2n) is 8.05. The number of carbonyl (C=O) groups is 1. The zero-order valence-corrected chi connectivity index (χ0v) is 22.1. The number of rotatable bonds is 12. The zero-order valence-electron chi connectivity index (χ0n) is 21.2. The largest absolute Gasteiger partial charge is 0.497 e. The van der Waals surface area contributed by atoms with Crippen LogP contribution in [-0.4, -0.2) is 44.5 Å². The van der Waals surface area contributed by atoms with Gasteiger partial charge in [0.05, 0.1) is 20.3 Å². The minimum Gasteiger partial charge on any atom is -0.497 e. The summed E-state index contributed by atoms with van der Waals surface area (Å²) in [6, 6.07) is 17.8. The van der Waals surface area contributed by atoms with Gasteiger partial charge < -0.3 is 19.9 Å². The molecular weight excluding hydrogens is 448 g/mol. The van der Waals surface area contributed by atoms with Gasteiger partial charge in [-0.25, -0.2) is 0 Å². The van der Waals surface area contributed by atoms with Gasteiger partial charge in [0.1, 0.15) is 11.9 Å². The summed E-state index contributed by atoms with van der Waals surface area (Å²) in [5.74, 6) is 1.73. The zero-order chi connectivity index (χ0) is 25.8. The molecule has 2 unspecified atom stereocenters. The summed E-state index contributed by atoms with van der Waals surface area (Å²) in [6.45, 7) is 11.7. The number of aliphatic hydroxyl groups excluding tert-OH is 1. The highest BCUT2D eigenvalue weighted by Crippen LogP contribution is 2.13.